The van der Waals surface area contributed by atoms with Gasteiger partial charge in [-0.1, -0.05) is 32.4 Å². The number of ether oxygens (including phenoxy) is 1. The number of amides is 1. The van der Waals surface area contributed by atoms with Crippen LogP contribution in [0.25, 0.3) is 0 Å². The SMILES string of the molecule is CCCCCOC(=O)CNC(=O)S. The van der Waals surface area contributed by atoms with Gasteiger partial charge < -0.3 is 10.1 Å². The van der Waals surface area contributed by atoms with E-state index in [4.69, 9.17) is 4.74 Å². The van der Waals surface area contributed by atoms with Crippen LogP contribution in [0.5, 0.6) is 0 Å². The zero-order chi connectivity index (χ0) is 10.1. The van der Waals surface area contributed by atoms with Crippen LogP contribution in [0.1, 0.15) is 26.2 Å². The number of esters is 1. The second kappa shape index (κ2) is 7.91. The summed E-state index contributed by atoms with van der Waals surface area (Å²) in [6, 6.07) is 0. The van der Waals surface area contributed by atoms with Crippen molar-refractivity contribution in [2.24, 2.45) is 0 Å². The molecule has 0 fully saturated rings. The summed E-state index contributed by atoms with van der Waals surface area (Å²) in [6.45, 7) is 2.40. The van der Waals surface area contributed by atoms with Gasteiger partial charge in [0.05, 0.1) is 6.61 Å². The van der Waals surface area contributed by atoms with E-state index in [0.717, 1.165) is 19.3 Å². The highest BCUT2D eigenvalue weighted by molar-refractivity contribution is 7.96. The van der Waals surface area contributed by atoms with E-state index in [2.05, 4.69) is 24.9 Å². The minimum Gasteiger partial charge on any atom is -0.464 e. The summed E-state index contributed by atoms with van der Waals surface area (Å²) in [5.41, 5.74) is 0. The molecule has 0 aliphatic heterocycles. The molecule has 0 radical (unpaired) electrons. The summed E-state index contributed by atoms with van der Waals surface area (Å²) < 4.78 is 4.81. The molecule has 0 aliphatic carbocycles. The van der Waals surface area contributed by atoms with Gasteiger partial charge in [0.15, 0.2) is 0 Å². The quantitative estimate of drug-likeness (QED) is 0.391. The highest BCUT2D eigenvalue weighted by Gasteiger charge is 2.02. The molecule has 13 heavy (non-hydrogen) atoms. The first-order valence-electron chi connectivity index (χ1n) is 4.29. The second-order valence-electron chi connectivity index (χ2n) is 2.59. The van der Waals surface area contributed by atoms with E-state index in [1.807, 2.05) is 0 Å². The Kier molecular flexibility index (Phi) is 7.48. The molecule has 0 unspecified atom stereocenters. The molecule has 1 amide bonds. The summed E-state index contributed by atoms with van der Waals surface area (Å²) in [5.74, 6) is -0.418. The van der Waals surface area contributed by atoms with Gasteiger partial charge in [0.2, 0.25) is 0 Å². The first kappa shape index (κ1) is 12.3. The van der Waals surface area contributed by atoms with Gasteiger partial charge in [0, 0.05) is 0 Å². The lowest BCUT2D eigenvalue weighted by Gasteiger charge is -2.03. The van der Waals surface area contributed by atoms with Crippen molar-refractivity contribution in [1.82, 2.24) is 5.32 Å². The Morgan fingerprint density at radius 3 is 2.62 bits per heavy atom. The van der Waals surface area contributed by atoms with Crippen LogP contribution < -0.4 is 5.32 Å². The monoisotopic (exact) mass is 205 g/mol. The fourth-order valence-corrected chi connectivity index (χ4v) is 0.816. The van der Waals surface area contributed by atoms with Gasteiger partial charge in [-0.2, -0.15) is 0 Å². The fraction of sp³-hybridized carbons (Fsp3) is 0.750. The van der Waals surface area contributed by atoms with Crippen molar-refractivity contribution in [2.45, 2.75) is 26.2 Å². The zero-order valence-electron chi connectivity index (χ0n) is 7.71. The smallest absolute Gasteiger partial charge is 0.325 e. The van der Waals surface area contributed by atoms with Crippen molar-refractivity contribution in [3.05, 3.63) is 0 Å². The lowest BCUT2D eigenvalue weighted by Crippen LogP contribution is -2.26. The summed E-state index contributed by atoms with van der Waals surface area (Å²) >= 11 is 3.44. The minimum absolute atomic E-state index is 0.103. The molecule has 0 bridgehead atoms. The Bertz CT molecular complexity index is 173. The second-order valence-corrected chi connectivity index (χ2v) is 2.99. The first-order chi connectivity index (χ1) is 6.16. The van der Waals surface area contributed by atoms with Crippen molar-refractivity contribution in [3.63, 3.8) is 0 Å². The van der Waals surface area contributed by atoms with Crippen LogP contribution in [-0.2, 0) is 9.53 Å². The molecule has 4 nitrogen and oxygen atoms in total. The van der Waals surface area contributed by atoms with E-state index >= 15 is 0 Å². The van der Waals surface area contributed by atoms with Gasteiger partial charge >= 0.3 is 5.97 Å². The van der Waals surface area contributed by atoms with Crippen molar-refractivity contribution in [1.29, 1.82) is 0 Å². The molecule has 0 aliphatic rings. The minimum atomic E-state index is -0.523. The van der Waals surface area contributed by atoms with Crippen molar-refractivity contribution in [3.8, 4) is 0 Å². The van der Waals surface area contributed by atoms with Crippen molar-refractivity contribution >= 4 is 23.8 Å². The summed E-state index contributed by atoms with van der Waals surface area (Å²) in [6.07, 6.45) is 3.01. The standard InChI is InChI=1S/C8H15NO3S/c1-2-3-4-5-12-7(10)6-9-8(11)13/h2-6H2,1H3,(H2,9,11,13). The van der Waals surface area contributed by atoms with Crippen LogP contribution in [0.15, 0.2) is 0 Å². The predicted octanol–water partition coefficient (Wildman–Crippen LogP) is 1.36. The average Bonchev–Trinajstić information content (AvgIpc) is 2.09. The van der Waals surface area contributed by atoms with Gasteiger partial charge in [-0.15, -0.1) is 0 Å². The third-order valence-electron chi connectivity index (χ3n) is 1.39. The molecule has 0 saturated heterocycles. The van der Waals surface area contributed by atoms with E-state index in [9.17, 15) is 9.59 Å². The lowest BCUT2D eigenvalue weighted by atomic mass is 10.3. The Morgan fingerprint density at radius 2 is 2.08 bits per heavy atom. The molecule has 0 aromatic heterocycles. The van der Waals surface area contributed by atoms with E-state index in [-0.39, 0.29) is 6.54 Å². The Balaban J connectivity index is 3.25. The van der Waals surface area contributed by atoms with Crippen LogP contribution in [0.3, 0.4) is 0 Å². The molecule has 5 heteroatoms. The normalized spacial score (nSPS) is 9.38. The molecule has 0 atom stereocenters. The number of nitrogens with one attached hydrogen (secondary N) is 1. The van der Waals surface area contributed by atoms with Crippen LogP contribution in [0.2, 0.25) is 0 Å². The summed E-state index contributed by atoms with van der Waals surface area (Å²) in [7, 11) is 0. The van der Waals surface area contributed by atoms with Gasteiger partial charge in [-0.3, -0.25) is 9.59 Å². The van der Waals surface area contributed by atoms with Gasteiger partial charge in [0.1, 0.15) is 6.54 Å². The number of rotatable bonds is 6. The van der Waals surface area contributed by atoms with Crippen LogP contribution in [0.4, 0.5) is 4.79 Å². The molecule has 0 heterocycles. The Hall–Kier alpha value is -0.710. The van der Waals surface area contributed by atoms with Gasteiger partial charge in [-0.05, 0) is 6.42 Å². The topological polar surface area (TPSA) is 55.4 Å². The number of carbonyl (C=O) groups is 2. The molecular formula is C8H15NO3S. The van der Waals surface area contributed by atoms with Crippen molar-refractivity contribution in [2.75, 3.05) is 13.2 Å². The maximum Gasteiger partial charge on any atom is 0.325 e. The molecule has 0 spiro atoms. The number of unbranched alkanes of at least 4 members (excludes halogenated alkanes) is 2. The van der Waals surface area contributed by atoms with E-state index < -0.39 is 11.2 Å². The number of hydrogen-bond acceptors (Lipinski definition) is 3. The average molecular weight is 205 g/mol. The third-order valence-corrected chi connectivity index (χ3v) is 1.55. The maximum atomic E-state index is 10.8. The van der Waals surface area contributed by atoms with Gasteiger partial charge in [0.25, 0.3) is 5.24 Å². The fourth-order valence-electron chi connectivity index (χ4n) is 0.737. The van der Waals surface area contributed by atoms with Crippen LogP contribution in [0, 0.1) is 0 Å². The molecule has 0 aromatic rings. The van der Waals surface area contributed by atoms with Crippen LogP contribution in [-0.4, -0.2) is 24.4 Å². The predicted molar refractivity (Wildman–Crippen MR) is 52.9 cm³/mol. The largest absolute Gasteiger partial charge is 0.464 e. The van der Waals surface area contributed by atoms with E-state index in [1.165, 1.54) is 0 Å². The summed E-state index contributed by atoms with van der Waals surface area (Å²) in [4.78, 5) is 21.1. The summed E-state index contributed by atoms with van der Waals surface area (Å²) in [5, 5.41) is 1.71. The number of thiol groups is 1. The molecule has 0 aromatic carbocycles. The third kappa shape index (κ3) is 9.20. The molecule has 0 rings (SSSR count). The maximum absolute atomic E-state index is 10.8. The van der Waals surface area contributed by atoms with Crippen molar-refractivity contribution < 1.29 is 14.3 Å². The van der Waals surface area contributed by atoms with Crippen LogP contribution >= 0.6 is 12.6 Å². The first-order valence-corrected chi connectivity index (χ1v) is 4.74. The van der Waals surface area contributed by atoms with Gasteiger partial charge in [-0.25, -0.2) is 0 Å². The zero-order valence-corrected chi connectivity index (χ0v) is 8.60. The highest BCUT2D eigenvalue weighted by Crippen LogP contribution is 1.94. The molecule has 1 N–H and O–H groups in total. The highest BCUT2D eigenvalue weighted by atomic mass is 32.1. The molecule has 0 saturated carbocycles. The number of hydrogen-bond donors (Lipinski definition) is 2. The Morgan fingerprint density at radius 1 is 1.38 bits per heavy atom. The van der Waals surface area contributed by atoms with E-state index in [1.54, 1.807) is 0 Å². The molecular weight excluding hydrogens is 190 g/mol. The number of carbonyl (C=O) groups excluding carboxylic acids is 2. The molecule has 76 valence electrons. The van der Waals surface area contributed by atoms with E-state index in [0.29, 0.717) is 6.61 Å². The Labute approximate surface area is 83.4 Å². The lowest BCUT2D eigenvalue weighted by molar-refractivity contribution is -0.142.